The molecule has 1 amide bonds. The number of nitrogens with zero attached hydrogens (tertiary/aromatic N) is 3. The predicted molar refractivity (Wildman–Crippen MR) is 105 cm³/mol. The molecule has 0 aromatic carbocycles. The highest BCUT2D eigenvalue weighted by atomic mass is 32.1. The topological polar surface area (TPSA) is 99.7 Å². The van der Waals surface area contributed by atoms with Crippen LogP contribution in [0.25, 0.3) is 10.2 Å². The number of carbonyl (C=O) groups excluding carboxylic acids is 1. The van der Waals surface area contributed by atoms with Crippen LogP contribution in [0.5, 0.6) is 0 Å². The molecule has 148 valence electrons. The molecule has 1 aliphatic carbocycles. The third kappa shape index (κ3) is 3.82. The van der Waals surface area contributed by atoms with E-state index in [0.29, 0.717) is 45.4 Å². The minimum atomic E-state index is -1.07. The second-order valence-corrected chi connectivity index (χ2v) is 7.88. The Morgan fingerprint density at radius 2 is 2.18 bits per heavy atom. The summed E-state index contributed by atoms with van der Waals surface area (Å²) in [6.07, 6.45) is 4.83. The van der Waals surface area contributed by atoms with Crippen molar-refractivity contribution in [3.8, 4) is 0 Å². The van der Waals surface area contributed by atoms with E-state index in [0.717, 1.165) is 12.8 Å². The van der Waals surface area contributed by atoms with Gasteiger partial charge in [-0.25, -0.2) is 19.4 Å². The number of amides is 1. The molecular weight excluding hydrogens is 383 g/mol. The zero-order valence-corrected chi connectivity index (χ0v) is 16.2. The lowest BCUT2D eigenvalue weighted by molar-refractivity contribution is -0.0529. The van der Waals surface area contributed by atoms with Gasteiger partial charge in [-0.2, -0.15) is 0 Å². The SMILES string of the molecule is Cc1c(C(N)=O)sc2ncnc(N=C3C=CC(F)CC3OC3CCOCC3)c12. The summed E-state index contributed by atoms with van der Waals surface area (Å²) < 4.78 is 25.5. The van der Waals surface area contributed by atoms with Crippen molar-refractivity contribution in [1.82, 2.24) is 9.97 Å². The minimum absolute atomic E-state index is 0.0254. The van der Waals surface area contributed by atoms with Crippen molar-refractivity contribution in [1.29, 1.82) is 0 Å². The fourth-order valence-electron chi connectivity index (χ4n) is 3.49. The van der Waals surface area contributed by atoms with Crippen LogP contribution in [0, 0.1) is 6.92 Å². The first-order valence-electron chi connectivity index (χ1n) is 9.21. The molecule has 0 bridgehead atoms. The maximum Gasteiger partial charge on any atom is 0.259 e. The Kier molecular flexibility index (Phi) is 5.47. The Balaban J connectivity index is 1.71. The molecule has 0 radical (unpaired) electrons. The van der Waals surface area contributed by atoms with E-state index in [2.05, 4.69) is 15.0 Å². The summed E-state index contributed by atoms with van der Waals surface area (Å²) in [6, 6.07) is 0. The molecule has 28 heavy (non-hydrogen) atoms. The number of hydrogen-bond acceptors (Lipinski definition) is 7. The number of allylic oxidation sites excluding steroid dienone is 1. The van der Waals surface area contributed by atoms with Crippen molar-refractivity contribution in [2.75, 3.05) is 13.2 Å². The second kappa shape index (κ2) is 8.02. The summed E-state index contributed by atoms with van der Waals surface area (Å²) in [5, 5.41) is 0.689. The van der Waals surface area contributed by atoms with Crippen molar-refractivity contribution in [2.45, 2.75) is 44.6 Å². The van der Waals surface area contributed by atoms with Crippen LogP contribution in [0.4, 0.5) is 10.2 Å². The van der Waals surface area contributed by atoms with Crippen LogP contribution < -0.4 is 5.73 Å². The number of carbonyl (C=O) groups is 1. The number of aromatic nitrogens is 2. The molecule has 7 nitrogen and oxygen atoms in total. The Labute approximate surface area is 165 Å². The highest BCUT2D eigenvalue weighted by Crippen LogP contribution is 2.35. The number of aliphatic imine (C=N–C) groups is 1. The molecule has 2 aliphatic rings. The Bertz CT molecular complexity index is 952. The van der Waals surface area contributed by atoms with E-state index in [1.165, 1.54) is 23.7 Å². The van der Waals surface area contributed by atoms with Gasteiger partial charge in [-0.05, 0) is 37.5 Å². The van der Waals surface area contributed by atoms with Crippen molar-refractivity contribution in [2.24, 2.45) is 10.7 Å². The Morgan fingerprint density at radius 1 is 1.39 bits per heavy atom. The van der Waals surface area contributed by atoms with E-state index < -0.39 is 18.2 Å². The van der Waals surface area contributed by atoms with Gasteiger partial charge in [-0.15, -0.1) is 11.3 Å². The van der Waals surface area contributed by atoms with Crippen molar-refractivity contribution in [3.05, 3.63) is 28.9 Å². The fourth-order valence-corrected chi connectivity index (χ4v) is 4.48. The highest BCUT2D eigenvalue weighted by molar-refractivity contribution is 7.20. The molecule has 1 fully saturated rings. The third-order valence-corrected chi connectivity index (χ3v) is 6.15. The first kappa shape index (κ1) is 19.1. The molecule has 2 aromatic rings. The number of hydrogen-bond donors (Lipinski definition) is 1. The number of aryl methyl sites for hydroxylation is 1. The quantitative estimate of drug-likeness (QED) is 0.844. The molecule has 0 saturated carbocycles. The number of halogens is 1. The number of nitrogens with two attached hydrogens (primary N) is 1. The summed E-state index contributed by atoms with van der Waals surface area (Å²) in [5.74, 6) is -0.0681. The number of primary amides is 1. The van der Waals surface area contributed by atoms with E-state index in [-0.39, 0.29) is 12.5 Å². The van der Waals surface area contributed by atoms with Crippen molar-refractivity contribution >= 4 is 39.0 Å². The molecule has 0 spiro atoms. The number of thiophene rings is 1. The molecule has 4 rings (SSSR count). The van der Waals surface area contributed by atoms with Gasteiger partial charge in [0, 0.05) is 19.6 Å². The Hall–Kier alpha value is -2.23. The smallest absolute Gasteiger partial charge is 0.259 e. The maximum absolute atomic E-state index is 14.0. The lowest BCUT2D eigenvalue weighted by Gasteiger charge is -2.30. The van der Waals surface area contributed by atoms with Gasteiger partial charge in [0.2, 0.25) is 0 Å². The summed E-state index contributed by atoms with van der Waals surface area (Å²) >= 11 is 1.22. The van der Waals surface area contributed by atoms with E-state index in [9.17, 15) is 9.18 Å². The zero-order valence-electron chi connectivity index (χ0n) is 15.4. The summed E-state index contributed by atoms with van der Waals surface area (Å²) in [7, 11) is 0. The summed E-state index contributed by atoms with van der Waals surface area (Å²) in [4.78, 5) is 25.9. The van der Waals surface area contributed by atoms with Crippen LogP contribution in [-0.2, 0) is 9.47 Å². The van der Waals surface area contributed by atoms with E-state index in [1.54, 1.807) is 13.0 Å². The van der Waals surface area contributed by atoms with E-state index in [1.807, 2.05) is 0 Å². The third-order valence-electron chi connectivity index (χ3n) is 4.94. The van der Waals surface area contributed by atoms with Gasteiger partial charge in [-0.3, -0.25) is 4.79 Å². The van der Waals surface area contributed by atoms with Gasteiger partial charge in [0.05, 0.1) is 22.1 Å². The van der Waals surface area contributed by atoms with Gasteiger partial charge >= 0.3 is 0 Å². The van der Waals surface area contributed by atoms with E-state index in [4.69, 9.17) is 15.2 Å². The first-order chi connectivity index (χ1) is 13.5. The van der Waals surface area contributed by atoms with Gasteiger partial charge in [0.15, 0.2) is 5.82 Å². The average molecular weight is 404 g/mol. The monoisotopic (exact) mass is 404 g/mol. The zero-order chi connectivity index (χ0) is 19.7. The maximum atomic E-state index is 14.0. The molecule has 9 heteroatoms. The summed E-state index contributed by atoms with van der Waals surface area (Å²) in [5.41, 5.74) is 6.78. The molecule has 2 unspecified atom stereocenters. The minimum Gasteiger partial charge on any atom is -0.381 e. The first-order valence-corrected chi connectivity index (χ1v) is 10.0. The molecular formula is C19H21FN4O3S. The van der Waals surface area contributed by atoms with Crippen LogP contribution >= 0.6 is 11.3 Å². The molecule has 1 saturated heterocycles. The van der Waals surface area contributed by atoms with Crippen LogP contribution in [0.2, 0.25) is 0 Å². The van der Waals surface area contributed by atoms with Crippen LogP contribution in [-0.4, -0.2) is 53.2 Å². The molecule has 2 aromatic heterocycles. The number of rotatable bonds is 4. The van der Waals surface area contributed by atoms with Gasteiger partial charge < -0.3 is 15.2 Å². The van der Waals surface area contributed by atoms with E-state index >= 15 is 0 Å². The van der Waals surface area contributed by atoms with Crippen molar-refractivity contribution < 1.29 is 18.7 Å². The molecule has 2 atom stereocenters. The Morgan fingerprint density at radius 3 is 2.93 bits per heavy atom. The van der Waals surface area contributed by atoms with Gasteiger partial charge in [0.1, 0.15) is 23.4 Å². The second-order valence-electron chi connectivity index (χ2n) is 6.88. The largest absolute Gasteiger partial charge is 0.381 e. The lowest BCUT2D eigenvalue weighted by Crippen LogP contribution is -2.35. The number of alkyl halides is 1. The standard InChI is InChI=1S/C19H21FN4O3S/c1-10-15-18(22-9-23-19(15)28-16(10)17(21)25)24-13-3-2-11(20)8-14(13)27-12-4-6-26-7-5-12/h2-3,9,11-12,14H,4-8H2,1H3,(H2,21,25). The number of ether oxygens (including phenoxy) is 2. The van der Waals surface area contributed by atoms with Crippen molar-refractivity contribution in [3.63, 3.8) is 0 Å². The predicted octanol–water partition coefficient (Wildman–Crippen LogP) is 3.03. The normalized spacial score (nSPS) is 24.9. The lowest BCUT2D eigenvalue weighted by atomic mass is 10.00. The number of fused-ring (bicyclic) bond motifs is 1. The highest BCUT2D eigenvalue weighted by Gasteiger charge is 2.28. The van der Waals surface area contributed by atoms with Crippen LogP contribution in [0.3, 0.4) is 0 Å². The van der Waals surface area contributed by atoms with Crippen LogP contribution in [0.1, 0.15) is 34.5 Å². The van der Waals surface area contributed by atoms with Gasteiger partial charge in [-0.1, -0.05) is 0 Å². The molecule has 1 aliphatic heterocycles. The van der Waals surface area contributed by atoms with Gasteiger partial charge in [0.25, 0.3) is 5.91 Å². The van der Waals surface area contributed by atoms with Crippen LogP contribution in [0.15, 0.2) is 23.5 Å². The molecule has 3 heterocycles. The molecule has 2 N–H and O–H groups in total. The summed E-state index contributed by atoms with van der Waals surface area (Å²) in [6.45, 7) is 3.10. The average Bonchev–Trinajstić information content (AvgIpc) is 3.03. The fraction of sp³-hybridized carbons (Fsp3) is 0.474.